The van der Waals surface area contributed by atoms with Crippen molar-refractivity contribution >= 4 is 48.3 Å². The van der Waals surface area contributed by atoms with E-state index in [-0.39, 0.29) is 55.0 Å². The zero-order valence-corrected chi connectivity index (χ0v) is 23.6. The summed E-state index contributed by atoms with van der Waals surface area (Å²) >= 11 is 0. The number of piperazine rings is 1. The van der Waals surface area contributed by atoms with Crippen molar-refractivity contribution in [2.75, 3.05) is 44.2 Å². The van der Waals surface area contributed by atoms with Crippen LogP contribution in [-0.2, 0) is 24.0 Å². The Morgan fingerprint density at radius 2 is 1.76 bits per heavy atom. The van der Waals surface area contributed by atoms with Gasteiger partial charge in [-0.3, -0.25) is 24.1 Å². The van der Waals surface area contributed by atoms with Crippen LogP contribution in [0.25, 0.3) is 0 Å². The Bertz CT molecular complexity index is 1100. The third kappa shape index (κ3) is 5.30. The van der Waals surface area contributed by atoms with Gasteiger partial charge >= 0.3 is 5.97 Å². The van der Waals surface area contributed by atoms with Crippen molar-refractivity contribution in [2.24, 2.45) is 23.7 Å². The van der Waals surface area contributed by atoms with E-state index in [0.29, 0.717) is 18.5 Å². The second-order valence-electron chi connectivity index (χ2n) is 10.6. The van der Waals surface area contributed by atoms with Gasteiger partial charge in [0, 0.05) is 39.6 Å². The number of rotatable bonds is 7. The van der Waals surface area contributed by atoms with Crippen LogP contribution in [-0.4, -0.2) is 72.7 Å². The zero-order valence-electron chi connectivity index (χ0n) is 21.9. The van der Waals surface area contributed by atoms with E-state index in [4.69, 9.17) is 9.57 Å². The molecule has 1 aromatic rings. The van der Waals surface area contributed by atoms with Crippen LogP contribution in [0, 0.1) is 29.5 Å². The van der Waals surface area contributed by atoms with E-state index in [2.05, 4.69) is 9.80 Å². The molecule has 3 fully saturated rings. The summed E-state index contributed by atoms with van der Waals surface area (Å²) in [6.07, 6.45) is 3.07. The largest absolute Gasteiger partial charge is 0.454 e. The summed E-state index contributed by atoms with van der Waals surface area (Å²) in [5, 5.41) is 0.932. The van der Waals surface area contributed by atoms with Gasteiger partial charge in [-0.2, -0.15) is 5.06 Å². The summed E-state index contributed by atoms with van der Waals surface area (Å²) in [4.78, 5) is 48.7. The monoisotopic (exact) mass is 571 g/mol. The molecule has 0 radical (unpaired) electrons. The Hall–Kier alpha value is -2.20. The number of esters is 1. The summed E-state index contributed by atoms with van der Waals surface area (Å²) in [5.74, 6) is -2.63. The van der Waals surface area contributed by atoms with Gasteiger partial charge in [0.05, 0.1) is 24.1 Å². The molecule has 2 saturated heterocycles. The number of hydroxylamine groups is 2. The number of carbonyl (C=O) groups is 3. The molecule has 2 bridgehead atoms. The molecule has 1 saturated carbocycles. The van der Waals surface area contributed by atoms with Crippen molar-refractivity contribution in [1.82, 2.24) is 9.96 Å². The standard InChI is InChI=1S/C27H34FN3O5.2ClH/c1-17-15-27(36-19(3)32)16-18(2)22(17)23-24(27)26(34)31(25(23)33)35-14-6-9-29-10-12-30(13-11-29)21-8-5-4-7-20(21)28;;/h4-5,7-8,15,18,22-24H,6,9-14,16H2,1-3H3;2*1H/t18?,22-,23?,24?,27-;;/m1../s1. The number of hydrogen-bond acceptors (Lipinski definition) is 7. The first-order chi connectivity index (χ1) is 17.2. The van der Waals surface area contributed by atoms with Gasteiger partial charge in [-0.1, -0.05) is 24.6 Å². The molecule has 210 valence electrons. The fourth-order valence-electron chi connectivity index (χ4n) is 6.91. The number of para-hydroxylation sites is 1. The molecule has 2 amide bonds. The zero-order chi connectivity index (χ0) is 25.6. The number of allylic oxidation sites excluding steroid dienone is 1. The highest BCUT2D eigenvalue weighted by Gasteiger charge is 2.68. The van der Waals surface area contributed by atoms with Gasteiger partial charge < -0.3 is 9.64 Å². The van der Waals surface area contributed by atoms with Crippen molar-refractivity contribution in [3.05, 3.63) is 41.7 Å². The Labute approximate surface area is 235 Å². The number of hydrogen-bond donors (Lipinski definition) is 0. The minimum absolute atomic E-state index is 0. The molecule has 38 heavy (non-hydrogen) atoms. The smallest absolute Gasteiger partial charge is 0.303 e. The number of ether oxygens (including phenoxy) is 1. The molecule has 2 heterocycles. The second-order valence-corrected chi connectivity index (χ2v) is 10.6. The third-order valence-electron chi connectivity index (χ3n) is 8.21. The van der Waals surface area contributed by atoms with Crippen molar-refractivity contribution in [2.45, 2.75) is 39.2 Å². The lowest BCUT2D eigenvalue weighted by Gasteiger charge is -2.52. The topological polar surface area (TPSA) is 79.4 Å². The average molecular weight is 573 g/mol. The molecule has 1 aromatic carbocycles. The Morgan fingerprint density at radius 1 is 1.08 bits per heavy atom. The average Bonchev–Trinajstić information content (AvgIpc) is 3.08. The quantitative estimate of drug-likeness (QED) is 0.214. The van der Waals surface area contributed by atoms with Gasteiger partial charge in [-0.05, 0) is 49.8 Å². The Kier molecular flexibility index (Phi) is 9.50. The van der Waals surface area contributed by atoms with Crippen molar-refractivity contribution in [3.63, 3.8) is 0 Å². The number of anilines is 1. The molecule has 0 spiro atoms. The van der Waals surface area contributed by atoms with Gasteiger partial charge in [0.1, 0.15) is 11.4 Å². The van der Waals surface area contributed by atoms with Crippen LogP contribution >= 0.6 is 24.8 Å². The summed E-state index contributed by atoms with van der Waals surface area (Å²) in [6.45, 7) is 9.39. The molecule has 5 atom stereocenters. The van der Waals surface area contributed by atoms with E-state index in [1.165, 1.54) is 13.0 Å². The Balaban J connectivity index is 0.00000200. The first kappa shape index (κ1) is 30.3. The number of imide groups is 1. The summed E-state index contributed by atoms with van der Waals surface area (Å²) in [7, 11) is 0. The molecule has 5 aliphatic rings. The first-order valence-electron chi connectivity index (χ1n) is 12.8. The molecular weight excluding hydrogens is 536 g/mol. The van der Waals surface area contributed by atoms with Crippen LogP contribution in [0.1, 0.15) is 33.6 Å². The predicted molar refractivity (Wildman–Crippen MR) is 144 cm³/mol. The molecular formula is C27H36Cl2FN3O5. The molecule has 3 aliphatic carbocycles. The van der Waals surface area contributed by atoms with E-state index in [0.717, 1.165) is 43.4 Å². The third-order valence-corrected chi connectivity index (χ3v) is 8.21. The lowest BCUT2D eigenvalue weighted by atomic mass is 9.54. The van der Waals surface area contributed by atoms with E-state index in [1.54, 1.807) is 12.1 Å². The van der Waals surface area contributed by atoms with Gasteiger partial charge in [-0.15, -0.1) is 24.8 Å². The van der Waals surface area contributed by atoms with Gasteiger partial charge in [-0.25, -0.2) is 4.39 Å². The first-order valence-corrected chi connectivity index (χ1v) is 12.8. The molecule has 11 heteroatoms. The molecule has 0 N–H and O–H groups in total. The predicted octanol–water partition coefficient (Wildman–Crippen LogP) is 3.63. The van der Waals surface area contributed by atoms with Crippen molar-refractivity contribution in [3.8, 4) is 0 Å². The highest BCUT2D eigenvalue weighted by molar-refractivity contribution is 6.05. The highest BCUT2D eigenvalue weighted by atomic mass is 35.5. The van der Waals surface area contributed by atoms with Crippen LogP contribution in [0.2, 0.25) is 0 Å². The molecule has 6 rings (SSSR count). The van der Waals surface area contributed by atoms with Gasteiger partial charge in [0.2, 0.25) is 0 Å². The summed E-state index contributed by atoms with van der Waals surface area (Å²) < 4.78 is 19.8. The molecule has 3 unspecified atom stereocenters. The summed E-state index contributed by atoms with van der Waals surface area (Å²) in [6, 6.07) is 6.82. The normalized spacial score (nSPS) is 30.4. The summed E-state index contributed by atoms with van der Waals surface area (Å²) in [5.41, 5.74) is 0.540. The molecule has 2 aliphatic heterocycles. The van der Waals surface area contributed by atoms with Crippen LogP contribution in [0.3, 0.4) is 0 Å². The second kappa shape index (κ2) is 11.9. The number of nitrogens with zero attached hydrogens (tertiary/aromatic N) is 3. The number of fused-ring (bicyclic) bond motifs is 1. The number of benzene rings is 1. The van der Waals surface area contributed by atoms with E-state index < -0.39 is 29.3 Å². The molecule has 8 nitrogen and oxygen atoms in total. The van der Waals surface area contributed by atoms with Crippen LogP contribution in [0.15, 0.2) is 35.9 Å². The number of halogens is 3. The number of carbonyl (C=O) groups excluding carboxylic acids is 3. The van der Waals surface area contributed by atoms with Crippen LogP contribution < -0.4 is 4.90 Å². The van der Waals surface area contributed by atoms with Gasteiger partial charge in [0.15, 0.2) is 0 Å². The van der Waals surface area contributed by atoms with Crippen molar-refractivity contribution in [1.29, 1.82) is 0 Å². The highest BCUT2D eigenvalue weighted by Crippen LogP contribution is 2.58. The maximum absolute atomic E-state index is 14.1. The lowest BCUT2D eigenvalue weighted by Crippen LogP contribution is -2.57. The van der Waals surface area contributed by atoms with Crippen LogP contribution in [0.5, 0.6) is 0 Å². The maximum atomic E-state index is 14.1. The minimum atomic E-state index is -1.09. The maximum Gasteiger partial charge on any atom is 0.303 e. The lowest BCUT2D eigenvalue weighted by molar-refractivity contribution is -0.191. The van der Waals surface area contributed by atoms with Gasteiger partial charge in [0.25, 0.3) is 11.8 Å². The van der Waals surface area contributed by atoms with E-state index in [9.17, 15) is 18.8 Å². The van der Waals surface area contributed by atoms with E-state index >= 15 is 0 Å². The van der Waals surface area contributed by atoms with Crippen LogP contribution in [0.4, 0.5) is 10.1 Å². The van der Waals surface area contributed by atoms with E-state index in [1.807, 2.05) is 26.0 Å². The molecule has 0 aromatic heterocycles. The fraction of sp³-hybridized carbons (Fsp3) is 0.593. The minimum Gasteiger partial charge on any atom is -0.454 e. The fourth-order valence-corrected chi connectivity index (χ4v) is 6.91. The Morgan fingerprint density at radius 3 is 2.39 bits per heavy atom. The number of amides is 2. The SMILES string of the molecule is CC(=O)O[C@]12C=C(C)[C@H](C(C)C1)C1C(=O)N(OCCCN3CCN(c4ccccc4F)CC3)C(=O)C12.Cl.Cl. The van der Waals surface area contributed by atoms with Crippen molar-refractivity contribution < 1.29 is 28.3 Å².